The molecular formula is C14H22N4O. The summed E-state index contributed by atoms with van der Waals surface area (Å²) in [4.78, 5) is 6.44. The van der Waals surface area contributed by atoms with Gasteiger partial charge in [0.25, 0.3) is 0 Å². The number of pyridine rings is 1. The van der Waals surface area contributed by atoms with Gasteiger partial charge in [0.1, 0.15) is 11.5 Å². The summed E-state index contributed by atoms with van der Waals surface area (Å²) >= 11 is 0. The third kappa shape index (κ3) is 3.44. The Hall–Kier alpha value is -1.62. The van der Waals surface area contributed by atoms with E-state index in [0.29, 0.717) is 18.3 Å². The molecule has 1 heterocycles. The van der Waals surface area contributed by atoms with Crippen LogP contribution in [0.2, 0.25) is 0 Å². The van der Waals surface area contributed by atoms with Gasteiger partial charge in [0.15, 0.2) is 0 Å². The van der Waals surface area contributed by atoms with E-state index in [1.807, 2.05) is 6.07 Å². The molecule has 4 N–H and O–H groups in total. The summed E-state index contributed by atoms with van der Waals surface area (Å²) < 4.78 is 0. The lowest BCUT2D eigenvalue weighted by molar-refractivity contribution is 0.290. The predicted octanol–water partition coefficient (Wildman–Crippen LogP) is 1.50. The molecule has 0 atom stereocenters. The largest absolute Gasteiger partial charge is 0.395 e. The number of aromatic nitrogens is 1. The Morgan fingerprint density at radius 1 is 1.37 bits per heavy atom. The Balaban J connectivity index is 2.15. The fourth-order valence-corrected chi connectivity index (χ4v) is 2.74. The lowest BCUT2D eigenvalue weighted by atomic mass is 9.94. The minimum Gasteiger partial charge on any atom is -0.395 e. The van der Waals surface area contributed by atoms with Crippen molar-refractivity contribution in [2.45, 2.75) is 38.1 Å². The lowest BCUT2D eigenvalue weighted by Crippen LogP contribution is -2.39. The number of aliphatic hydroxyl groups excluding tert-OH is 1. The molecule has 0 bridgehead atoms. The molecule has 1 aliphatic carbocycles. The van der Waals surface area contributed by atoms with E-state index in [0.717, 1.165) is 5.69 Å². The highest BCUT2D eigenvalue weighted by molar-refractivity contribution is 5.93. The van der Waals surface area contributed by atoms with Crippen LogP contribution >= 0.6 is 0 Å². The van der Waals surface area contributed by atoms with E-state index in [2.05, 4.69) is 9.88 Å². The van der Waals surface area contributed by atoms with Gasteiger partial charge in [0, 0.05) is 12.6 Å². The molecule has 0 spiro atoms. The van der Waals surface area contributed by atoms with Crippen LogP contribution in [0.15, 0.2) is 18.3 Å². The van der Waals surface area contributed by atoms with E-state index < -0.39 is 0 Å². The van der Waals surface area contributed by atoms with Gasteiger partial charge in [-0.15, -0.1) is 0 Å². The van der Waals surface area contributed by atoms with Gasteiger partial charge in [-0.1, -0.05) is 19.3 Å². The first-order chi connectivity index (χ1) is 9.22. The van der Waals surface area contributed by atoms with Gasteiger partial charge < -0.3 is 15.7 Å². The molecule has 5 nitrogen and oxygen atoms in total. The minimum atomic E-state index is -0.0158. The van der Waals surface area contributed by atoms with Crippen molar-refractivity contribution >= 4 is 11.5 Å². The zero-order valence-electron chi connectivity index (χ0n) is 11.2. The van der Waals surface area contributed by atoms with Crippen LogP contribution in [-0.2, 0) is 0 Å². The van der Waals surface area contributed by atoms with E-state index in [-0.39, 0.29) is 12.4 Å². The molecule has 0 aliphatic heterocycles. The summed E-state index contributed by atoms with van der Waals surface area (Å²) in [5.41, 5.74) is 6.91. The molecule has 0 saturated heterocycles. The van der Waals surface area contributed by atoms with Crippen LogP contribution in [0.3, 0.4) is 0 Å². The number of rotatable bonds is 5. The average molecular weight is 262 g/mol. The predicted molar refractivity (Wildman–Crippen MR) is 76.6 cm³/mol. The van der Waals surface area contributed by atoms with Crippen LogP contribution < -0.4 is 10.6 Å². The van der Waals surface area contributed by atoms with Crippen molar-refractivity contribution in [1.82, 2.24) is 4.98 Å². The Kier molecular flexibility index (Phi) is 4.74. The Morgan fingerprint density at radius 2 is 2.11 bits per heavy atom. The third-order valence-corrected chi connectivity index (χ3v) is 3.71. The van der Waals surface area contributed by atoms with Crippen LogP contribution in [0.4, 0.5) is 5.69 Å². The lowest BCUT2D eigenvalue weighted by Gasteiger charge is -2.35. The van der Waals surface area contributed by atoms with E-state index in [1.54, 1.807) is 12.3 Å². The molecule has 1 fully saturated rings. The monoisotopic (exact) mass is 262 g/mol. The molecule has 0 radical (unpaired) electrons. The van der Waals surface area contributed by atoms with E-state index in [4.69, 9.17) is 11.1 Å². The third-order valence-electron chi connectivity index (χ3n) is 3.71. The van der Waals surface area contributed by atoms with Crippen LogP contribution in [0, 0.1) is 5.41 Å². The summed E-state index contributed by atoms with van der Waals surface area (Å²) in [6.07, 6.45) is 7.92. The SMILES string of the molecule is N=C(N)c1ccc(N(CCO)C2CCCCC2)cn1. The van der Waals surface area contributed by atoms with Gasteiger partial charge in [-0.25, -0.2) is 0 Å². The maximum Gasteiger partial charge on any atom is 0.141 e. The quantitative estimate of drug-likeness (QED) is 0.554. The van der Waals surface area contributed by atoms with Crippen LogP contribution in [0.5, 0.6) is 0 Å². The van der Waals surface area contributed by atoms with Crippen LogP contribution in [0.25, 0.3) is 0 Å². The van der Waals surface area contributed by atoms with E-state index in [9.17, 15) is 5.11 Å². The summed E-state index contributed by atoms with van der Waals surface area (Å²) in [5.74, 6) is -0.0158. The summed E-state index contributed by atoms with van der Waals surface area (Å²) in [6.45, 7) is 0.775. The van der Waals surface area contributed by atoms with Crippen molar-refractivity contribution in [3.63, 3.8) is 0 Å². The van der Waals surface area contributed by atoms with Gasteiger partial charge in [0.05, 0.1) is 18.5 Å². The molecule has 5 heteroatoms. The Bertz CT molecular complexity index is 412. The van der Waals surface area contributed by atoms with Crippen LogP contribution in [0.1, 0.15) is 37.8 Å². The van der Waals surface area contributed by atoms with Crippen molar-refractivity contribution in [2.75, 3.05) is 18.1 Å². The molecule has 2 rings (SSSR count). The van der Waals surface area contributed by atoms with Gasteiger partial charge in [-0.2, -0.15) is 0 Å². The maximum atomic E-state index is 9.26. The second-order valence-corrected chi connectivity index (χ2v) is 5.02. The average Bonchev–Trinajstić information content (AvgIpc) is 2.46. The van der Waals surface area contributed by atoms with Gasteiger partial charge in [0.2, 0.25) is 0 Å². The van der Waals surface area contributed by atoms with Gasteiger partial charge in [-0.3, -0.25) is 10.4 Å². The molecule has 1 aromatic rings. The second kappa shape index (κ2) is 6.52. The van der Waals surface area contributed by atoms with Crippen molar-refractivity contribution in [3.05, 3.63) is 24.0 Å². The number of nitrogens with zero attached hydrogens (tertiary/aromatic N) is 2. The first-order valence-electron chi connectivity index (χ1n) is 6.90. The number of nitrogens with one attached hydrogen (secondary N) is 1. The highest BCUT2D eigenvalue weighted by Gasteiger charge is 2.21. The normalized spacial score (nSPS) is 16.3. The number of aliphatic hydroxyl groups is 1. The molecule has 0 amide bonds. The highest BCUT2D eigenvalue weighted by Crippen LogP contribution is 2.26. The van der Waals surface area contributed by atoms with Crippen molar-refractivity contribution in [3.8, 4) is 0 Å². The fraction of sp³-hybridized carbons (Fsp3) is 0.571. The zero-order valence-corrected chi connectivity index (χ0v) is 11.2. The zero-order chi connectivity index (χ0) is 13.7. The topological polar surface area (TPSA) is 86.2 Å². The molecule has 1 aliphatic rings. The number of hydrogen-bond donors (Lipinski definition) is 3. The molecule has 19 heavy (non-hydrogen) atoms. The Labute approximate surface area is 114 Å². The van der Waals surface area contributed by atoms with Crippen molar-refractivity contribution in [1.29, 1.82) is 5.41 Å². The number of nitrogens with two attached hydrogens (primary N) is 1. The Morgan fingerprint density at radius 3 is 2.63 bits per heavy atom. The number of anilines is 1. The molecule has 1 aromatic heterocycles. The number of amidine groups is 1. The number of nitrogen functional groups attached to an aromatic ring is 1. The summed E-state index contributed by atoms with van der Waals surface area (Å²) in [7, 11) is 0. The first kappa shape index (κ1) is 13.8. The van der Waals surface area contributed by atoms with E-state index >= 15 is 0 Å². The highest BCUT2D eigenvalue weighted by atomic mass is 16.3. The molecule has 104 valence electrons. The summed E-state index contributed by atoms with van der Waals surface area (Å²) in [6, 6.07) is 4.20. The molecule has 1 saturated carbocycles. The van der Waals surface area contributed by atoms with Gasteiger partial charge in [-0.05, 0) is 25.0 Å². The molecule has 0 unspecified atom stereocenters. The molecule has 0 aromatic carbocycles. The first-order valence-corrected chi connectivity index (χ1v) is 6.90. The smallest absolute Gasteiger partial charge is 0.141 e. The van der Waals surface area contributed by atoms with Gasteiger partial charge >= 0.3 is 0 Å². The summed E-state index contributed by atoms with van der Waals surface area (Å²) in [5, 5.41) is 16.6. The molecular weight excluding hydrogens is 240 g/mol. The van der Waals surface area contributed by atoms with E-state index in [1.165, 1.54) is 32.1 Å². The minimum absolute atomic E-state index is 0.0158. The van der Waals surface area contributed by atoms with Crippen molar-refractivity contribution in [2.24, 2.45) is 5.73 Å². The maximum absolute atomic E-state index is 9.26. The van der Waals surface area contributed by atoms with Crippen LogP contribution in [-0.4, -0.2) is 35.1 Å². The number of hydrogen-bond acceptors (Lipinski definition) is 4. The van der Waals surface area contributed by atoms with Crippen molar-refractivity contribution < 1.29 is 5.11 Å². The standard InChI is InChI=1S/C14H22N4O/c15-14(16)13-7-6-12(10-17-13)18(8-9-19)11-4-2-1-3-5-11/h6-7,10-11,19H,1-5,8-9H2,(H3,15,16). The second-order valence-electron chi connectivity index (χ2n) is 5.02. The fourth-order valence-electron chi connectivity index (χ4n) is 2.74.